The first kappa shape index (κ1) is 13.9. The summed E-state index contributed by atoms with van der Waals surface area (Å²) >= 11 is 0. The predicted octanol–water partition coefficient (Wildman–Crippen LogP) is 1.75. The second kappa shape index (κ2) is 5.63. The Labute approximate surface area is 117 Å². The number of benzene rings is 1. The van der Waals surface area contributed by atoms with Gasteiger partial charge in [-0.05, 0) is 43.9 Å². The lowest BCUT2D eigenvalue weighted by molar-refractivity contribution is -0.124. The van der Waals surface area contributed by atoms with Gasteiger partial charge < -0.3 is 10.1 Å². The SMILES string of the molecule is C[C@@](C#N)(NC(=O)COc1cccc(C#N)c1)C1CC1. The minimum absolute atomic E-state index is 0.168. The molecule has 1 N–H and O–H groups in total. The van der Waals surface area contributed by atoms with Gasteiger partial charge in [0.25, 0.3) is 5.91 Å². The van der Waals surface area contributed by atoms with E-state index < -0.39 is 5.54 Å². The van der Waals surface area contributed by atoms with Crippen molar-refractivity contribution >= 4 is 5.91 Å². The minimum Gasteiger partial charge on any atom is -0.484 e. The van der Waals surface area contributed by atoms with Gasteiger partial charge in [-0.1, -0.05) is 6.07 Å². The fourth-order valence-corrected chi connectivity index (χ4v) is 2.01. The van der Waals surface area contributed by atoms with Gasteiger partial charge in [-0.2, -0.15) is 10.5 Å². The van der Waals surface area contributed by atoms with Crippen LogP contribution >= 0.6 is 0 Å². The van der Waals surface area contributed by atoms with E-state index in [-0.39, 0.29) is 18.4 Å². The summed E-state index contributed by atoms with van der Waals surface area (Å²) in [6.45, 7) is 1.57. The van der Waals surface area contributed by atoms with Crippen molar-refractivity contribution in [2.24, 2.45) is 5.92 Å². The molecule has 1 atom stereocenters. The van der Waals surface area contributed by atoms with E-state index in [1.165, 1.54) is 0 Å². The van der Waals surface area contributed by atoms with Crippen molar-refractivity contribution in [2.45, 2.75) is 25.3 Å². The number of ether oxygens (including phenoxy) is 1. The van der Waals surface area contributed by atoms with E-state index in [2.05, 4.69) is 11.4 Å². The highest BCUT2D eigenvalue weighted by Crippen LogP contribution is 2.39. The quantitative estimate of drug-likeness (QED) is 0.882. The Balaban J connectivity index is 1.89. The average Bonchev–Trinajstić information content (AvgIpc) is 3.30. The van der Waals surface area contributed by atoms with E-state index in [1.807, 2.05) is 6.07 Å². The molecule has 1 saturated carbocycles. The minimum atomic E-state index is -0.811. The van der Waals surface area contributed by atoms with Crippen molar-refractivity contribution in [3.63, 3.8) is 0 Å². The van der Waals surface area contributed by atoms with Gasteiger partial charge in [0.05, 0.1) is 17.7 Å². The Kier molecular flexibility index (Phi) is 3.91. The number of rotatable bonds is 5. The zero-order valence-corrected chi connectivity index (χ0v) is 11.2. The molecule has 20 heavy (non-hydrogen) atoms. The summed E-state index contributed by atoms with van der Waals surface area (Å²) in [6, 6.07) is 10.8. The van der Waals surface area contributed by atoms with Crippen LogP contribution in [0.25, 0.3) is 0 Å². The zero-order valence-electron chi connectivity index (χ0n) is 11.2. The lowest BCUT2D eigenvalue weighted by Gasteiger charge is -2.22. The van der Waals surface area contributed by atoms with Crippen molar-refractivity contribution in [3.8, 4) is 17.9 Å². The number of nitrogens with one attached hydrogen (secondary N) is 1. The molecule has 0 heterocycles. The molecule has 1 aromatic rings. The Bertz CT molecular complexity index is 596. The fraction of sp³-hybridized carbons (Fsp3) is 0.400. The molecule has 1 aliphatic rings. The Morgan fingerprint density at radius 2 is 2.25 bits per heavy atom. The van der Waals surface area contributed by atoms with Crippen molar-refractivity contribution in [1.29, 1.82) is 10.5 Å². The topological polar surface area (TPSA) is 85.9 Å². The molecule has 5 heteroatoms. The summed E-state index contributed by atoms with van der Waals surface area (Å²) in [7, 11) is 0. The maximum absolute atomic E-state index is 11.8. The summed E-state index contributed by atoms with van der Waals surface area (Å²) < 4.78 is 5.33. The van der Waals surface area contributed by atoms with Gasteiger partial charge in [-0.3, -0.25) is 4.79 Å². The van der Waals surface area contributed by atoms with Crippen LogP contribution < -0.4 is 10.1 Å². The summed E-state index contributed by atoms with van der Waals surface area (Å²) in [5.74, 6) is 0.367. The van der Waals surface area contributed by atoms with Crippen molar-refractivity contribution < 1.29 is 9.53 Å². The first-order valence-corrected chi connectivity index (χ1v) is 6.42. The van der Waals surface area contributed by atoms with E-state index in [0.29, 0.717) is 11.3 Å². The number of carbonyl (C=O) groups is 1. The first-order chi connectivity index (χ1) is 9.57. The predicted molar refractivity (Wildman–Crippen MR) is 71.5 cm³/mol. The number of hydrogen-bond acceptors (Lipinski definition) is 4. The van der Waals surface area contributed by atoms with Crippen LogP contribution in [0, 0.1) is 28.6 Å². The average molecular weight is 269 g/mol. The van der Waals surface area contributed by atoms with Gasteiger partial charge in [-0.25, -0.2) is 0 Å². The third-order valence-electron chi connectivity index (χ3n) is 3.36. The molecule has 1 aromatic carbocycles. The molecule has 1 fully saturated rings. The molecule has 0 saturated heterocycles. The standard InChI is InChI=1S/C15H15N3O2/c1-15(10-17,12-5-6-12)18-14(19)9-20-13-4-2-3-11(7-13)8-16/h2-4,7,12H,5-6,9H2,1H3,(H,18,19)/t15-/m0/s1. The Hall–Kier alpha value is -2.53. The summed E-state index contributed by atoms with van der Waals surface area (Å²) in [5.41, 5.74) is -0.336. The molecular formula is C15H15N3O2. The second-order valence-corrected chi connectivity index (χ2v) is 5.06. The number of carbonyl (C=O) groups excluding carboxylic acids is 1. The van der Waals surface area contributed by atoms with Crippen molar-refractivity contribution in [3.05, 3.63) is 29.8 Å². The van der Waals surface area contributed by atoms with E-state index in [4.69, 9.17) is 15.3 Å². The maximum atomic E-state index is 11.8. The summed E-state index contributed by atoms with van der Waals surface area (Å²) in [4.78, 5) is 11.8. The summed E-state index contributed by atoms with van der Waals surface area (Å²) in [5, 5.41) is 20.6. The third-order valence-corrected chi connectivity index (χ3v) is 3.36. The lowest BCUT2D eigenvalue weighted by atomic mass is 9.98. The molecule has 0 unspecified atom stereocenters. The van der Waals surface area contributed by atoms with Gasteiger partial charge in [0.1, 0.15) is 11.3 Å². The van der Waals surface area contributed by atoms with E-state index >= 15 is 0 Å². The molecule has 1 aliphatic carbocycles. The van der Waals surface area contributed by atoms with Crippen LogP contribution in [-0.2, 0) is 4.79 Å². The van der Waals surface area contributed by atoms with Gasteiger partial charge in [-0.15, -0.1) is 0 Å². The smallest absolute Gasteiger partial charge is 0.259 e. The van der Waals surface area contributed by atoms with Crippen LogP contribution in [0.3, 0.4) is 0 Å². The molecule has 0 aromatic heterocycles. The highest BCUT2D eigenvalue weighted by molar-refractivity contribution is 5.79. The van der Waals surface area contributed by atoms with Crippen LogP contribution in [0.5, 0.6) is 5.75 Å². The van der Waals surface area contributed by atoms with Gasteiger partial charge in [0.2, 0.25) is 0 Å². The van der Waals surface area contributed by atoms with Crippen molar-refractivity contribution in [1.82, 2.24) is 5.32 Å². The monoisotopic (exact) mass is 269 g/mol. The largest absolute Gasteiger partial charge is 0.484 e. The Morgan fingerprint density at radius 3 is 2.85 bits per heavy atom. The number of nitriles is 2. The van der Waals surface area contributed by atoms with Crippen LogP contribution in [0.2, 0.25) is 0 Å². The number of amides is 1. The lowest BCUT2D eigenvalue weighted by Crippen LogP contribution is -2.48. The van der Waals surface area contributed by atoms with E-state index in [1.54, 1.807) is 31.2 Å². The Morgan fingerprint density at radius 1 is 1.50 bits per heavy atom. The highest BCUT2D eigenvalue weighted by atomic mass is 16.5. The highest BCUT2D eigenvalue weighted by Gasteiger charge is 2.43. The molecule has 0 radical (unpaired) electrons. The molecule has 1 amide bonds. The van der Waals surface area contributed by atoms with E-state index in [9.17, 15) is 4.79 Å². The molecule has 0 bridgehead atoms. The second-order valence-electron chi connectivity index (χ2n) is 5.06. The zero-order chi connectivity index (χ0) is 14.6. The van der Waals surface area contributed by atoms with Crippen LogP contribution in [-0.4, -0.2) is 18.1 Å². The van der Waals surface area contributed by atoms with Gasteiger partial charge >= 0.3 is 0 Å². The molecular weight excluding hydrogens is 254 g/mol. The molecule has 5 nitrogen and oxygen atoms in total. The molecule has 2 rings (SSSR count). The maximum Gasteiger partial charge on any atom is 0.259 e. The number of hydrogen-bond donors (Lipinski definition) is 1. The fourth-order valence-electron chi connectivity index (χ4n) is 2.01. The van der Waals surface area contributed by atoms with E-state index in [0.717, 1.165) is 12.8 Å². The van der Waals surface area contributed by atoms with Gasteiger partial charge in [0.15, 0.2) is 6.61 Å². The normalized spacial score (nSPS) is 16.4. The molecule has 102 valence electrons. The van der Waals surface area contributed by atoms with Crippen LogP contribution in [0.1, 0.15) is 25.3 Å². The first-order valence-electron chi connectivity index (χ1n) is 6.42. The van der Waals surface area contributed by atoms with Crippen LogP contribution in [0.15, 0.2) is 24.3 Å². The molecule has 0 spiro atoms. The summed E-state index contributed by atoms with van der Waals surface area (Å²) in [6.07, 6.45) is 1.94. The molecule has 0 aliphatic heterocycles. The third kappa shape index (κ3) is 3.27. The van der Waals surface area contributed by atoms with Gasteiger partial charge in [0, 0.05) is 0 Å². The van der Waals surface area contributed by atoms with Crippen LogP contribution in [0.4, 0.5) is 0 Å². The van der Waals surface area contributed by atoms with Crippen molar-refractivity contribution in [2.75, 3.05) is 6.61 Å². The number of nitrogens with zero attached hydrogens (tertiary/aromatic N) is 2.